The van der Waals surface area contributed by atoms with Crippen molar-refractivity contribution < 1.29 is 9.53 Å². The van der Waals surface area contributed by atoms with Gasteiger partial charge in [0.25, 0.3) is 0 Å². The van der Waals surface area contributed by atoms with Gasteiger partial charge in [0.1, 0.15) is 23.4 Å². The van der Waals surface area contributed by atoms with Crippen molar-refractivity contribution in [1.82, 2.24) is 10.3 Å². The Morgan fingerprint density at radius 1 is 1.43 bits per heavy atom. The molecule has 1 fully saturated rings. The molecule has 0 bridgehead atoms. The van der Waals surface area contributed by atoms with Gasteiger partial charge < -0.3 is 15.8 Å². The third-order valence-electron chi connectivity index (χ3n) is 4.21. The molecule has 1 amide bonds. The van der Waals surface area contributed by atoms with Gasteiger partial charge in [-0.05, 0) is 37.9 Å². The number of para-hydroxylation sites is 1. The summed E-state index contributed by atoms with van der Waals surface area (Å²) >= 11 is 0. The first-order chi connectivity index (χ1) is 10.2. The molecular formula is C16H19N3O2. The molecule has 0 radical (unpaired) electrons. The van der Waals surface area contributed by atoms with Gasteiger partial charge in [-0.1, -0.05) is 18.2 Å². The zero-order chi connectivity index (χ0) is 14.9. The molecule has 21 heavy (non-hydrogen) atoms. The van der Waals surface area contributed by atoms with Crippen molar-refractivity contribution in [3.63, 3.8) is 0 Å². The van der Waals surface area contributed by atoms with Crippen LogP contribution >= 0.6 is 0 Å². The summed E-state index contributed by atoms with van der Waals surface area (Å²) < 4.78 is 5.91. The molecule has 1 unspecified atom stereocenters. The predicted molar refractivity (Wildman–Crippen MR) is 80.9 cm³/mol. The second kappa shape index (κ2) is 5.33. The third-order valence-corrected chi connectivity index (χ3v) is 4.21. The first-order valence-electron chi connectivity index (χ1n) is 7.13. The van der Waals surface area contributed by atoms with Crippen molar-refractivity contribution in [3.8, 4) is 5.75 Å². The second-order valence-electron chi connectivity index (χ2n) is 5.48. The van der Waals surface area contributed by atoms with E-state index in [0.29, 0.717) is 5.75 Å². The Kier molecular flexibility index (Phi) is 3.51. The number of benzene rings is 1. The maximum absolute atomic E-state index is 11.9. The fraction of sp³-hybridized carbons (Fsp3) is 0.375. The zero-order valence-electron chi connectivity index (χ0n) is 12.0. The van der Waals surface area contributed by atoms with Crippen LogP contribution in [0.1, 0.15) is 12.8 Å². The molecule has 1 atom stereocenters. The minimum atomic E-state index is -0.795. The van der Waals surface area contributed by atoms with Crippen molar-refractivity contribution in [2.45, 2.75) is 18.4 Å². The van der Waals surface area contributed by atoms with Gasteiger partial charge in [-0.15, -0.1) is 0 Å². The van der Waals surface area contributed by atoms with Gasteiger partial charge in [-0.3, -0.25) is 9.78 Å². The maximum Gasteiger partial charge on any atom is 0.241 e. The van der Waals surface area contributed by atoms with E-state index >= 15 is 0 Å². The molecule has 5 nitrogen and oxygen atoms in total. The quantitative estimate of drug-likeness (QED) is 0.842. The van der Waals surface area contributed by atoms with Crippen LogP contribution < -0.4 is 15.8 Å². The molecule has 1 heterocycles. The van der Waals surface area contributed by atoms with E-state index in [1.165, 1.54) is 0 Å². The van der Waals surface area contributed by atoms with Crippen molar-refractivity contribution in [1.29, 1.82) is 0 Å². The number of ether oxygens (including phenoxy) is 1. The molecule has 1 saturated carbocycles. The second-order valence-corrected chi connectivity index (χ2v) is 5.48. The number of likely N-dealkylation sites (N-methyl/N-ethyl adjacent to an activating group) is 1. The monoisotopic (exact) mass is 285 g/mol. The molecule has 5 heteroatoms. The summed E-state index contributed by atoms with van der Waals surface area (Å²) in [7, 11) is 1.76. The molecule has 1 aliphatic carbocycles. The van der Waals surface area contributed by atoms with E-state index in [9.17, 15) is 4.79 Å². The molecule has 3 rings (SSSR count). The molecule has 2 aromatic rings. The largest absolute Gasteiger partial charge is 0.489 e. The average molecular weight is 285 g/mol. The van der Waals surface area contributed by atoms with E-state index in [-0.39, 0.29) is 18.4 Å². The molecule has 1 aromatic heterocycles. The van der Waals surface area contributed by atoms with Gasteiger partial charge in [0.05, 0.1) is 0 Å². The lowest BCUT2D eigenvalue weighted by Gasteiger charge is -2.30. The lowest BCUT2D eigenvalue weighted by atomic mass is 9.93. The van der Waals surface area contributed by atoms with Gasteiger partial charge >= 0.3 is 0 Å². The van der Waals surface area contributed by atoms with Crippen molar-refractivity contribution in [3.05, 3.63) is 36.5 Å². The highest BCUT2D eigenvalue weighted by Gasteiger charge is 2.49. The van der Waals surface area contributed by atoms with E-state index in [2.05, 4.69) is 10.3 Å². The predicted octanol–water partition coefficient (Wildman–Crippen LogP) is 1.47. The number of hydrogen-bond acceptors (Lipinski definition) is 4. The van der Waals surface area contributed by atoms with Crippen LogP contribution in [0.3, 0.4) is 0 Å². The first-order valence-corrected chi connectivity index (χ1v) is 7.13. The summed E-state index contributed by atoms with van der Waals surface area (Å²) in [6, 6.07) is 9.63. The van der Waals surface area contributed by atoms with E-state index in [1.807, 2.05) is 30.3 Å². The molecule has 0 saturated heterocycles. The molecule has 1 aromatic carbocycles. The number of carbonyl (C=O) groups excluding carboxylic acids is 1. The molecule has 0 aliphatic heterocycles. The average Bonchev–Trinajstić information content (AvgIpc) is 3.33. The van der Waals surface area contributed by atoms with Gasteiger partial charge in [-0.25, -0.2) is 0 Å². The van der Waals surface area contributed by atoms with Gasteiger partial charge in [0.15, 0.2) is 0 Å². The number of nitrogens with one attached hydrogen (secondary N) is 1. The van der Waals surface area contributed by atoms with Crippen LogP contribution in [0, 0.1) is 5.92 Å². The van der Waals surface area contributed by atoms with Crippen LogP contribution in [0.25, 0.3) is 10.9 Å². The molecule has 1 aliphatic rings. The number of hydrogen-bond donors (Lipinski definition) is 2. The topological polar surface area (TPSA) is 77.2 Å². The Morgan fingerprint density at radius 2 is 2.19 bits per heavy atom. The van der Waals surface area contributed by atoms with Crippen molar-refractivity contribution in [2.24, 2.45) is 11.7 Å². The number of amides is 1. The highest BCUT2D eigenvalue weighted by molar-refractivity contribution is 5.86. The minimum Gasteiger partial charge on any atom is -0.489 e. The molecule has 0 spiro atoms. The lowest BCUT2D eigenvalue weighted by molar-refractivity contribution is -0.126. The van der Waals surface area contributed by atoms with Crippen LogP contribution in [0.4, 0.5) is 0 Å². The summed E-state index contributed by atoms with van der Waals surface area (Å²) in [5.74, 6) is 0.568. The standard InChI is InChI=1S/C16H19N3O2/c1-18-16(15(17)20,12-7-8-12)10-21-13-6-2-4-11-5-3-9-19-14(11)13/h2-6,9,12,18H,7-8,10H2,1H3,(H2,17,20). The van der Waals surface area contributed by atoms with Crippen LogP contribution in [0.15, 0.2) is 36.5 Å². The number of aromatic nitrogens is 1. The Balaban J connectivity index is 1.87. The van der Waals surface area contributed by atoms with E-state index < -0.39 is 5.54 Å². The van der Waals surface area contributed by atoms with Gasteiger partial charge in [-0.2, -0.15) is 0 Å². The number of pyridine rings is 1. The van der Waals surface area contributed by atoms with E-state index in [1.54, 1.807) is 13.2 Å². The number of rotatable bonds is 6. The Bertz CT molecular complexity index is 664. The Morgan fingerprint density at radius 3 is 2.86 bits per heavy atom. The lowest BCUT2D eigenvalue weighted by Crippen LogP contribution is -2.59. The summed E-state index contributed by atoms with van der Waals surface area (Å²) in [5, 5.41) is 4.09. The number of primary amides is 1. The number of nitrogens with two attached hydrogens (primary N) is 1. The summed E-state index contributed by atoms with van der Waals surface area (Å²) in [6.45, 7) is 0.221. The van der Waals surface area contributed by atoms with Crippen LogP contribution in [-0.4, -0.2) is 30.1 Å². The van der Waals surface area contributed by atoms with Gasteiger partial charge in [0.2, 0.25) is 5.91 Å². The first kappa shape index (κ1) is 13.8. The molecule has 3 N–H and O–H groups in total. The molecular weight excluding hydrogens is 266 g/mol. The fourth-order valence-corrected chi connectivity index (χ4v) is 2.75. The van der Waals surface area contributed by atoms with Crippen LogP contribution in [0.5, 0.6) is 5.75 Å². The minimum absolute atomic E-state index is 0.221. The maximum atomic E-state index is 11.9. The summed E-state index contributed by atoms with van der Waals surface area (Å²) in [5.41, 5.74) is 5.60. The summed E-state index contributed by atoms with van der Waals surface area (Å²) in [6.07, 6.45) is 3.73. The third kappa shape index (κ3) is 2.45. The molecule has 110 valence electrons. The Hall–Kier alpha value is -2.14. The number of fused-ring (bicyclic) bond motifs is 1. The number of carbonyl (C=O) groups is 1. The zero-order valence-corrected chi connectivity index (χ0v) is 12.0. The fourth-order valence-electron chi connectivity index (χ4n) is 2.75. The normalized spacial score (nSPS) is 17.4. The smallest absolute Gasteiger partial charge is 0.241 e. The van der Waals surface area contributed by atoms with Gasteiger partial charge in [0, 0.05) is 11.6 Å². The Labute approximate surface area is 123 Å². The van der Waals surface area contributed by atoms with Crippen molar-refractivity contribution in [2.75, 3.05) is 13.7 Å². The van der Waals surface area contributed by atoms with E-state index in [4.69, 9.17) is 10.5 Å². The number of nitrogens with zero attached hydrogens (tertiary/aromatic N) is 1. The highest BCUT2D eigenvalue weighted by atomic mass is 16.5. The van der Waals surface area contributed by atoms with Crippen molar-refractivity contribution >= 4 is 16.8 Å². The SMILES string of the molecule is CNC(COc1cccc2cccnc12)(C(N)=O)C1CC1. The van der Waals surface area contributed by atoms with Crippen LogP contribution in [-0.2, 0) is 4.79 Å². The van der Waals surface area contributed by atoms with Crippen LogP contribution in [0.2, 0.25) is 0 Å². The highest BCUT2D eigenvalue weighted by Crippen LogP contribution is 2.40. The summed E-state index contributed by atoms with van der Waals surface area (Å²) in [4.78, 5) is 16.2. The van der Waals surface area contributed by atoms with E-state index in [0.717, 1.165) is 23.7 Å².